The predicted octanol–water partition coefficient (Wildman–Crippen LogP) is 3.96. The van der Waals surface area contributed by atoms with Crippen molar-refractivity contribution in [2.24, 2.45) is 5.92 Å². The van der Waals surface area contributed by atoms with Crippen LogP contribution in [-0.4, -0.2) is 33.4 Å². The van der Waals surface area contributed by atoms with Gasteiger partial charge in [-0.05, 0) is 68.5 Å². The number of para-hydroxylation sites is 1. The number of benzene rings is 2. The number of fused-ring (bicyclic) bond motifs is 1. The number of aryl methyl sites for hydroxylation is 1. The monoisotopic (exact) mass is 375 g/mol. The van der Waals surface area contributed by atoms with Gasteiger partial charge >= 0.3 is 0 Å². The zero-order valence-electron chi connectivity index (χ0n) is 16.4. The van der Waals surface area contributed by atoms with Gasteiger partial charge in [0.15, 0.2) is 0 Å². The molecule has 5 nitrogen and oxygen atoms in total. The maximum absolute atomic E-state index is 12.9. The molecule has 2 heterocycles. The first kappa shape index (κ1) is 18.4. The first-order valence-electron chi connectivity index (χ1n) is 9.92. The number of nitrogens with zero attached hydrogens (tertiary/aromatic N) is 3. The summed E-state index contributed by atoms with van der Waals surface area (Å²) < 4.78 is 1.60. The summed E-state index contributed by atoms with van der Waals surface area (Å²) >= 11 is 0. The molecule has 1 saturated heterocycles. The van der Waals surface area contributed by atoms with Crippen LogP contribution in [0.5, 0.6) is 0 Å². The quantitative estimate of drug-likeness (QED) is 0.681. The first-order chi connectivity index (χ1) is 13.5. The van der Waals surface area contributed by atoms with E-state index in [2.05, 4.69) is 11.9 Å². The molecule has 1 fully saturated rings. The lowest BCUT2D eigenvalue weighted by Gasteiger charge is -2.20. The molecule has 1 aromatic heterocycles. The molecule has 1 aliphatic rings. The molecule has 0 radical (unpaired) electrons. The normalized spacial score (nSPS) is 17.5. The zero-order chi connectivity index (χ0) is 19.7. The van der Waals surface area contributed by atoms with E-state index >= 15 is 0 Å². The second-order valence-corrected chi connectivity index (χ2v) is 7.69. The largest absolute Gasteiger partial charge is 0.339 e. The summed E-state index contributed by atoms with van der Waals surface area (Å²) in [4.78, 5) is 32.3. The standard InChI is InChI=1S/C23H25N3O2/c1-16-6-5-14-25(15-13-16)22(27)18-9-11-19(12-10-18)26-17(2)24-21-8-4-3-7-20(21)23(26)28/h3-4,7-12,16H,5-6,13-15H2,1-2H3. The van der Waals surface area contributed by atoms with E-state index in [0.29, 0.717) is 28.2 Å². The second-order valence-electron chi connectivity index (χ2n) is 7.69. The van der Waals surface area contributed by atoms with Crippen LogP contribution in [-0.2, 0) is 0 Å². The molecule has 1 unspecified atom stereocenters. The third-order valence-electron chi connectivity index (χ3n) is 5.62. The average Bonchev–Trinajstić information content (AvgIpc) is 2.92. The van der Waals surface area contributed by atoms with Gasteiger partial charge in [-0.15, -0.1) is 0 Å². The molecule has 144 valence electrons. The Morgan fingerprint density at radius 2 is 1.79 bits per heavy atom. The van der Waals surface area contributed by atoms with Crippen LogP contribution >= 0.6 is 0 Å². The summed E-state index contributed by atoms with van der Waals surface area (Å²) in [7, 11) is 0. The van der Waals surface area contributed by atoms with Crippen LogP contribution in [0.15, 0.2) is 53.3 Å². The molecule has 0 spiro atoms. The minimum absolute atomic E-state index is 0.0707. The van der Waals surface area contributed by atoms with Gasteiger partial charge in [-0.1, -0.05) is 19.1 Å². The smallest absolute Gasteiger partial charge is 0.265 e. The summed E-state index contributed by atoms with van der Waals surface area (Å²) in [6, 6.07) is 14.6. The topological polar surface area (TPSA) is 55.2 Å². The second kappa shape index (κ2) is 7.58. The lowest BCUT2D eigenvalue weighted by atomic mass is 10.0. The van der Waals surface area contributed by atoms with Crippen LogP contribution in [0, 0.1) is 12.8 Å². The predicted molar refractivity (Wildman–Crippen MR) is 111 cm³/mol. The maximum Gasteiger partial charge on any atom is 0.265 e. The Balaban J connectivity index is 1.64. The van der Waals surface area contributed by atoms with Crippen molar-refractivity contribution in [1.82, 2.24) is 14.5 Å². The van der Waals surface area contributed by atoms with Crippen LogP contribution in [0.1, 0.15) is 42.4 Å². The van der Waals surface area contributed by atoms with E-state index < -0.39 is 0 Å². The number of carbonyl (C=O) groups is 1. The van der Waals surface area contributed by atoms with Gasteiger partial charge in [-0.3, -0.25) is 14.2 Å². The highest BCUT2D eigenvalue weighted by molar-refractivity contribution is 5.94. The maximum atomic E-state index is 12.9. The third kappa shape index (κ3) is 3.44. The molecule has 2 aromatic carbocycles. The van der Waals surface area contributed by atoms with E-state index in [1.807, 2.05) is 54.3 Å². The minimum atomic E-state index is -0.0938. The Labute approximate surface area is 164 Å². The molecule has 3 aromatic rings. The molecule has 0 bridgehead atoms. The van der Waals surface area contributed by atoms with E-state index in [1.165, 1.54) is 6.42 Å². The molecule has 1 atom stereocenters. The van der Waals surface area contributed by atoms with Crippen molar-refractivity contribution in [1.29, 1.82) is 0 Å². The van der Waals surface area contributed by atoms with Gasteiger partial charge in [0.25, 0.3) is 11.5 Å². The van der Waals surface area contributed by atoms with Gasteiger partial charge in [-0.2, -0.15) is 0 Å². The molecule has 1 amide bonds. The fourth-order valence-electron chi connectivity index (χ4n) is 3.95. The lowest BCUT2D eigenvalue weighted by molar-refractivity contribution is 0.0760. The van der Waals surface area contributed by atoms with Gasteiger partial charge in [0.1, 0.15) is 5.82 Å². The molecular weight excluding hydrogens is 350 g/mol. The average molecular weight is 375 g/mol. The van der Waals surface area contributed by atoms with Crippen molar-refractivity contribution < 1.29 is 4.79 Å². The van der Waals surface area contributed by atoms with Crippen molar-refractivity contribution >= 4 is 16.8 Å². The van der Waals surface area contributed by atoms with Crippen LogP contribution < -0.4 is 5.56 Å². The Bertz CT molecular complexity index is 1070. The molecular formula is C23H25N3O2. The fraction of sp³-hybridized carbons (Fsp3) is 0.348. The van der Waals surface area contributed by atoms with Crippen molar-refractivity contribution in [2.45, 2.75) is 33.1 Å². The number of likely N-dealkylation sites (tertiary alicyclic amines) is 1. The Hall–Kier alpha value is -2.95. The van der Waals surface area contributed by atoms with E-state index in [4.69, 9.17) is 0 Å². The number of amides is 1. The molecule has 28 heavy (non-hydrogen) atoms. The minimum Gasteiger partial charge on any atom is -0.339 e. The number of carbonyl (C=O) groups excluding carboxylic acids is 1. The van der Waals surface area contributed by atoms with Gasteiger partial charge in [-0.25, -0.2) is 4.98 Å². The summed E-state index contributed by atoms with van der Waals surface area (Å²) in [5.41, 5.74) is 1.99. The van der Waals surface area contributed by atoms with Crippen molar-refractivity contribution in [3.05, 3.63) is 70.3 Å². The zero-order valence-corrected chi connectivity index (χ0v) is 16.4. The molecule has 5 heteroatoms. The Morgan fingerprint density at radius 3 is 2.57 bits per heavy atom. The molecule has 0 N–H and O–H groups in total. The Morgan fingerprint density at radius 1 is 1.04 bits per heavy atom. The highest BCUT2D eigenvalue weighted by Gasteiger charge is 2.20. The molecule has 1 aliphatic heterocycles. The molecule has 0 saturated carbocycles. The van der Waals surface area contributed by atoms with Crippen molar-refractivity contribution in [3.8, 4) is 5.69 Å². The van der Waals surface area contributed by atoms with Gasteiger partial charge in [0, 0.05) is 18.7 Å². The van der Waals surface area contributed by atoms with E-state index in [0.717, 1.165) is 31.6 Å². The summed E-state index contributed by atoms with van der Waals surface area (Å²) in [5, 5.41) is 0.590. The van der Waals surface area contributed by atoms with Crippen LogP contribution in [0.2, 0.25) is 0 Å². The van der Waals surface area contributed by atoms with Crippen LogP contribution in [0.3, 0.4) is 0 Å². The van der Waals surface area contributed by atoms with E-state index in [9.17, 15) is 9.59 Å². The van der Waals surface area contributed by atoms with Gasteiger partial charge < -0.3 is 4.90 Å². The van der Waals surface area contributed by atoms with E-state index in [1.54, 1.807) is 10.6 Å². The number of hydrogen-bond acceptors (Lipinski definition) is 3. The number of aromatic nitrogens is 2. The first-order valence-corrected chi connectivity index (χ1v) is 9.92. The number of rotatable bonds is 2. The summed E-state index contributed by atoms with van der Waals surface area (Å²) in [6.07, 6.45) is 3.30. The SMILES string of the molecule is Cc1nc2ccccc2c(=O)n1-c1ccc(C(=O)N2CCCC(C)CC2)cc1. The van der Waals surface area contributed by atoms with Crippen LogP contribution in [0.4, 0.5) is 0 Å². The lowest BCUT2D eigenvalue weighted by Crippen LogP contribution is -2.32. The molecule has 4 rings (SSSR count). The highest BCUT2D eigenvalue weighted by Crippen LogP contribution is 2.19. The van der Waals surface area contributed by atoms with Crippen molar-refractivity contribution in [3.63, 3.8) is 0 Å². The fourth-order valence-corrected chi connectivity index (χ4v) is 3.95. The third-order valence-corrected chi connectivity index (χ3v) is 5.62. The summed E-state index contributed by atoms with van der Waals surface area (Å²) in [6.45, 7) is 5.71. The van der Waals surface area contributed by atoms with Crippen molar-refractivity contribution in [2.75, 3.05) is 13.1 Å². The summed E-state index contributed by atoms with van der Waals surface area (Å²) in [5.74, 6) is 1.38. The van der Waals surface area contributed by atoms with E-state index in [-0.39, 0.29) is 11.5 Å². The molecule has 0 aliphatic carbocycles. The number of hydrogen-bond donors (Lipinski definition) is 0. The van der Waals surface area contributed by atoms with Crippen LogP contribution in [0.25, 0.3) is 16.6 Å². The van der Waals surface area contributed by atoms with Gasteiger partial charge in [0.2, 0.25) is 0 Å². The highest BCUT2D eigenvalue weighted by atomic mass is 16.2. The Kier molecular flexibility index (Phi) is 4.99. The van der Waals surface area contributed by atoms with Gasteiger partial charge in [0.05, 0.1) is 16.6 Å².